The SMILES string of the molecule is CCCc1ccc(OCC(=O)Nc2nc3scc(-c4cccc(OC)c4)n3n2)cc1. The van der Waals surface area contributed by atoms with Crippen LogP contribution < -0.4 is 14.8 Å². The summed E-state index contributed by atoms with van der Waals surface area (Å²) in [6.07, 6.45) is 2.12. The lowest BCUT2D eigenvalue weighted by molar-refractivity contribution is -0.118. The molecule has 1 amide bonds. The number of fused-ring (bicyclic) bond motifs is 1. The maximum absolute atomic E-state index is 12.3. The molecule has 154 valence electrons. The van der Waals surface area contributed by atoms with Crippen LogP contribution in [0.3, 0.4) is 0 Å². The molecule has 2 aromatic carbocycles. The normalized spacial score (nSPS) is 10.9. The van der Waals surface area contributed by atoms with Gasteiger partial charge in [0.25, 0.3) is 11.9 Å². The van der Waals surface area contributed by atoms with Crippen molar-refractivity contribution < 1.29 is 14.3 Å². The van der Waals surface area contributed by atoms with Gasteiger partial charge in [0.05, 0.1) is 12.8 Å². The van der Waals surface area contributed by atoms with Crippen LogP contribution in [0.25, 0.3) is 16.2 Å². The van der Waals surface area contributed by atoms with E-state index < -0.39 is 0 Å². The van der Waals surface area contributed by atoms with Crippen LogP contribution in [-0.4, -0.2) is 34.2 Å². The van der Waals surface area contributed by atoms with Crippen molar-refractivity contribution in [1.82, 2.24) is 14.6 Å². The van der Waals surface area contributed by atoms with E-state index in [-0.39, 0.29) is 18.5 Å². The van der Waals surface area contributed by atoms with Gasteiger partial charge < -0.3 is 9.47 Å². The van der Waals surface area contributed by atoms with E-state index in [0.717, 1.165) is 29.8 Å². The molecule has 0 saturated heterocycles. The van der Waals surface area contributed by atoms with Crippen LogP contribution in [0.1, 0.15) is 18.9 Å². The number of carbonyl (C=O) groups is 1. The average Bonchev–Trinajstić information content (AvgIpc) is 3.33. The van der Waals surface area contributed by atoms with E-state index >= 15 is 0 Å². The average molecular weight is 423 g/mol. The first-order valence-electron chi connectivity index (χ1n) is 9.66. The first-order valence-corrected chi connectivity index (χ1v) is 10.5. The fraction of sp³-hybridized carbons (Fsp3) is 0.227. The highest BCUT2D eigenvalue weighted by atomic mass is 32.1. The van der Waals surface area contributed by atoms with Crippen LogP contribution in [0, 0.1) is 0 Å². The molecule has 8 heteroatoms. The van der Waals surface area contributed by atoms with Gasteiger partial charge in [-0.2, -0.15) is 4.98 Å². The summed E-state index contributed by atoms with van der Waals surface area (Å²) in [6, 6.07) is 15.5. The number of nitrogens with one attached hydrogen (secondary N) is 1. The Balaban J connectivity index is 1.41. The molecule has 2 heterocycles. The second kappa shape index (κ2) is 8.96. The minimum Gasteiger partial charge on any atom is -0.497 e. The van der Waals surface area contributed by atoms with Crippen molar-refractivity contribution in [1.29, 1.82) is 0 Å². The fourth-order valence-electron chi connectivity index (χ4n) is 3.07. The van der Waals surface area contributed by atoms with E-state index in [1.54, 1.807) is 11.6 Å². The molecule has 30 heavy (non-hydrogen) atoms. The molecule has 2 aromatic heterocycles. The maximum atomic E-state index is 12.3. The molecular weight excluding hydrogens is 400 g/mol. The highest BCUT2D eigenvalue weighted by molar-refractivity contribution is 7.15. The van der Waals surface area contributed by atoms with Crippen LogP contribution >= 0.6 is 11.3 Å². The second-order valence-electron chi connectivity index (χ2n) is 6.71. The van der Waals surface area contributed by atoms with E-state index in [2.05, 4.69) is 22.3 Å². The summed E-state index contributed by atoms with van der Waals surface area (Å²) < 4.78 is 12.6. The topological polar surface area (TPSA) is 77.8 Å². The second-order valence-corrected chi connectivity index (χ2v) is 7.55. The number of hydrogen-bond donors (Lipinski definition) is 1. The Morgan fingerprint density at radius 3 is 2.77 bits per heavy atom. The number of nitrogens with zero attached hydrogens (tertiary/aromatic N) is 3. The number of ether oxygens (including phenoxy) is 2. The molecule has 0 atom stereocenters. The Bertz CT molecular complexity index is 1150. The Morgan fingerprint density at radius 2 is 2.00 bits per heavy atom. The number of aromatic nitrogens is 3. The summed E-state index contributed by atoms with van der Waals surface area (Å²) in [5.41, 5.74) is 3.09. The number of thiazole rings is 1. The van der Waals surface area contributed by atoms with Gasteiger partial charge >= 0.3 is 0 Å². The van der Waals surface area contributed by atoms with Gasteiger partial charge in [-0.3, -0.25) is 10.1 Å². The van der Waals surface area contributed by atoms with Crippen molar-refractivity contribution in [2.45, 2.75) is 19.8 Å². The summed E-state index contributed by atoms with van der Waals surface area (Å²) in [6.45, 7) is 2.03. The minimum atomic E-state index is -0.311. The number of methoxy groups -OCH3 is 1. The summed E-state index contributed by atoms with van der Waals surface area (Å²) in [5, 5.41) is 9.09. The zero-order chi connectivity index (χ0) is 20.9. The van der Waals surface area contributed by atoms with Crippen molar-refractivity contribution >= 4 is 28.2 Å². The molecule has 0 aliphatic carbocycles. The van der Waals surface area contributed by atoms with Gasteiger partial charge in [-0.25, -0.2) is 4.52 Å². The van der Waals surface area contributed by atoms with E-state index in [4.69, 9.17) is 9.47 Å². The first kappa shape index (κ1) is 19.9. The lowest BCUT2D eigenvalue weighted by Crippen LogP contribution is -2.21. The van der Waals surface area contributed by atoms with Crippen LogP contribution in [-0.2, 0) is 11.2 Å². The summed E-state index contributed by atoms with van der Waals surface area (Å²) in [4.78, 5) is 17.3. The molecule has 0 fully saturated rings. The summed E-state index contributed by atoms with van der Waals surface area (Å²) in [5.74, 6) is 1.36. The molecule has 1 N–H and O–H groups in total. The molecular formula is C22H22N4O3S. The van der Waals surface area contributed by atoms with E-state index in [1.165, 1.54) is 16.9 Å². The predicted octanol–water partition coefficient (Wildman–Crippen LogP) is 4.44. The van der Waals surface area contributed by atoms with Crippen LogP contribution in [0.5, 0.6) is 11.5 Å². The molecule has 0 radical (unpaired) electrons. The third-order valence-electron chi connectivity index (χ3n) is 4.53. The zero-order valence-corrected chi connectivity index (χ0v) is 17.6. The molecule has 7 nitrogen and oxygen atoms in total. The monoisotopic (exact) mass is 422 g/mol. The Labute approximate surface area is 178 Å². The Hall–Kier alpha value is -3.39. The molecule has 0 unspecified atom stereocenters. The molecule has 0 aliphatic heterocycles. The number of carbonyl (C=O) groups excluding carboxylic acids is 1. The van der Waals surface area contributed by atoms with Crippen LogP contribution in [0.15, 0.2) is 53.9 Å². The van der Waals surface area contributed by atoms with Crippen molar-refractivity contribution in [3.8, 4) is 22.8 Å². The largest absolute Gasteiger partial charge is 0.497 e. The number of anilines is 1. The van der Waals surface area contributed by atoms with Gasteiger partial charge in [0.2, 0.25) is 4.96 Å². The standard InChI is InChI=1S/C22H22N4O3S/c1-3-5-15-8-10-17(11-9-15)29-13-20(27)23-21-24-22-26(25-21)19(14-30-22)16-6-4-7-18(12-16)28-2/h4,6-12,14H,3,5,13H2,1-2H3,(H,23,25,27). The van der Waals surface area contributed by atoms with Crippen LogP contribution in [0.2, 0.25) is 0 Å². The molecule has 4 aromatic rings. The number of amides is 1. The number of rotatable bonds is 8. The van der Waals surface area contributed by atoms with Gasteiger partial charge in [0.15, 0.2) is 6.61 Å². The third-order valence-corrected chi connectivity index (χ3v) is 5.35. The maximum Gasteiger partial charge on any atom is 0.264 e. The van der Waals surface area contributed by atoms with Crippen molar-refractivity contribution in [3.63, 3.8) is 0 Å². The molecule has 0 aliphatic rings. The minimum absolute atomic E-state index is 0.108. The highest BCUT2D eigenvalue weighted by Crippen LogP contribution is 2.28. The Morgan fingerprint density at radius 1 is 1.17 bits per heavy atom. The lowest BCUT2D eigenvalue weighted by atomic mass is 10.1. The van der Waals surface area contributed by atoms with E-state index in [0.29, 0.717) is 10.7 Å². The smallest absolute Gasteiger partial charge is 0.264 e. The van der Waals surface area contributed by atoms with E-state index in [9.17, 15) is 4.79 Å². The summed E-state index contributed by atoms with van der Waals surface area (Å²) >= 11 is 1.45. The predicted molar refractivity (Wildman–Crippen MR) is 117 cm³/mol. The molecule has 0 saturated carbocycles. The number of aryl methyl sites for hydroxylation is 1. The fourth-order valence-corrected chi connectivity index (χ4v) is 3.90. The van der Waals surface area contributed by atoms with Crippen molar-refractivity contribution in [3.05, 3.63) is 59.5 Å². The molecule has 4 rings (SSSR count). The highest BCUT2D eigenvalue weighted by Gasteiger charge is 2.14. The number of benzene rings is 2. The molecule has 0 bridgehead atoms. The lowest BCUT2D eigenvalue weighted by Gasteiger charge is -2.06. The number of hydrogen-bond acceptors (Lipinski definition) is 6. The third kappa shape index (κ3) is 4.44. The summed E-state index contributed by atoms with van der Waals surface area (Å²) in [7, 11) is 1.63. The van der Waals surface area contributed by atoms with Crippen LogP contribution in [0.4, 0.5) is 5.95 Å². The Kier molecular flexibility index (Phi) is 5.94. The van der Waals surface area contributed by atoms with Crippen molar-refractivity contribution in [2.75, 3.05) is 19.0 Å². The van der Waals surface area contributed by atoms with Gasteiger partial charge in [0.1, 0.15) is 11.5 Å². The van der Waals surface area contributed by atoms with Gasteiger partial charge in [-0.1, -0.05) is 37.6 Å². The first-order chi connectivity index (χ1) is 14.7. The quantitative estimate of drug-likeness (QED) is 0.454. The van der Waals surface area contributed by atoms with Gasteiger partial charge in [-0.05, 0) is 36.2 Å². The van der Waals surface area contributed by atoms with Gasteiger partial charge in [0, 0.05) is 10.9 Å². The van der Waals surface area contributed by atoms with Crippen molar-refractivity contribution in [2.24, 2.45) is 0 Å². The zero-order valence-electron chi connectivity index (χ0n) is 16.8. The molecule has 0 spiro atoms. The van der Waals surface area contributed by atoms with E-state index in [1.807, 2.05) is 53.9 Å². The van der Waals surface area contributed by atoms with Gasteiger partial charge in [-0.15, -0.1) is 16.4 Å².